The molecule has 1 amide bonds. The van der Waals surface area contributed by atoms with E-state index in [0.717, 1.165) is 13.0 Å². The molecule has 1 heterocycles. The Morgan fingerprint density at radius 1 is 1.53 bits per heavy atom. The van der Waals surface area contributed by atoms with Crippen LogP contribution in [0.2, 0.25) is 5.02 Å². The lowest BCUT2D eigenvalue weighted by Crippen LogP contribution is -2.50. The van der Waals surface area contributed by atoms with E-state index in [4.69, 9.17) is 11.6 Å². The molecule has 1 fully saturated rings. The number of carbonyl (C=O) groups is 1. The van der Waals surface area contributed by atoms with Gasteiger partial charge < -0.3 is 10.6 Å². The second-order valence-electron chi connectivity index (χ2n) is 4.65. The maximum absolute atomic E-state index is 13.6. The summed E-state index contributed by atoms with van der Waals surface area (Å²) < 4.78 is 13.6. The molecule has 0 aromatic heterocycles. The molecule has 0 bridgehead atoms. The van der Waals surface area contributed by atoms with E-state index < -0.39 is 11.7 Å². The van der Waals surface area contributed by atoms with E-state index in [1.165, 1.54) is 18.2 Å². The zero-order valence-electron chi connectivity index (χ0n) is 10.6. The number of hydrogen-bond acceptors (Lipinski definition) is 2. The summed E-state index contributed by atoms with van der Waals surface area (Å²) in [4.78, 5) is 12.0. The van der Waals surface area contributed by atoms with E-state index in [-0.39, 0.29) is 29.0 Å². The highest BCUT2D eigenvalue weighted by molar-refractivity contribution is 6.33. The van der Waals surface area contributed by atoms with Gasteiger partial charge in [0, 0.05) is 12.6 Å². The molecule has 1 aromatic rings. The summed E-state index contributed by atoms with van der Waals surface area (Å²) in [6, 6.07) is 4.26. The normalized spacial score (nSPS) is 22.5. The van der Waals surface area contributed by atoms with Gasteiger partial charge in [0.25, 0.3) is 5.91 Å². The predicted octanol–water partition coefficient (Wildman–Crippen LogP) is 2.63. The molecule has 0 radical (unpaired) electrons. The largest absolute Gasteiger partial charge is 0.348 e. The van der Waals surface area contributed by atoms with Crippen molar-refractivity contribution in [2.24, 2.45) is 5.92 Å². The number of nitrogens with one attached hydrogen (secondary N) is 2. The van der Waals surface area contributed by atoms with E-state index in [9.17, 15) is 9.18 Å². The Hall–Kier alpha value is -0.840. The summed E-state index contributed by atoms with van der Waals surface area (Å²) in [5, 5.41) is 6.19. The van der Waals surface area contributed by atoms with Crippen molar-refractivity contribution in [1.29, 1.82) is 0 Å². The number of rotatable bonds is 2. The van der Waals surface area contributed by atoms with Gasteiger partial charge in [-0.3, -0.25) is 4.79 Å². The van der Waals surface area contributed by atoms with Crippen LogP contribution in [-0.2, 0) is 0 Å². The van der Waals surface area contributed by atoms with Crippen molar-refractivity contribution in [3.63, 3.8) is 0 Å². The highest BCUT2D eigenvalue weighted by Crippen LogP contribution is 2.20. The standard InChI is InChI=1S/C13H16ClFN2O.ClH/c1-8-5-6-16-7-11(8)17-13(18)12-9(14)3-2-4-10(12)15;/h2-4,8,11,16H,5-7H2,1H3,(H,17,18);1H. The summed E-state index contributed by atoms with van der Waals surface area (Å²) in [7, 11) is 0. The Morgan fingerprint density at radius 3 is 2.89 bits per heavy atom. The summed E-state index contributed by atoms with van der Waals surface area (Å²) in [6.07, 6.45) is 0.996. The summed E-state index contributed by atoms with van der Waals surface area (Å²) in [5.41, 5.74) is -0.0723. The lowest BCUT2D eigenvalue weighted by Gasteiger charge is -2.30. The van der Waals surface area contributed by atoms with Gasteiger partial charge in [-0.05, 0) is 31.0 Å². The third-order valence-corrected chi connectivity index (χ3v) is 3.65. The molecule has 1 aliphatic rings. The van der Waals surface area contributed by atoms with Crippen molar-refractivity contribution in [2.75, 3.05) is 13.1 Å². The number of piperidine rings is 1. The zero-order valence-corrected chi connectivity index (χ0v) is 12.2. The molecule has 2 unspecified atom stereocenters. The number of halogens is 3. The fourth-order valence-corrected chi connectivity index (χ4v) is 2.39. The predicted molar refractivity (Wildman–Crippen MR) is 76.6 cm³/mol. The number of amides is 1. The van der Waals surface area contributed by atoms with E-state index >= 15 is 0 Å². The molecule has 2 atom stereocenters. The molecule has 19 heavy (non-hydrogen) atoms. The third kappa shape index (κ3) is 3.81. The highest BCUT2D eigenvalue weighted by Gasteiger charge is 2.25. The van der Waals surface area contributed by atoms with Gasteiger partial charge in [0.05, 0.1) is 10.6 Å². The van der Waals surface area contributed by atoms with Crippen molar-refractivity contribution in [3.8, 4) is 0 Å². The summed E-state index contributed by atoms with van der Waals surface area (Å²) in [6.45, 7) is 3.74. The maximum Gasteiger partial charge on any atom is 0.256 e. The van der Waals surface area contributed by atoms with Gasteiger partial charge in [0.1, 0.15) is 5.82 Å². The van der Waals surface area contributed by atoms with Gasteiger partial charge in [-0.2, -0.15) is 0 Å². The molecule has 1 aliphatic heterocycles. The van der Waals surface area contributed by atoms with Crippen molar-refractivity contribution in [3.05, 3.63) is 34.6 Å². The molecule has 0 saturated carbocycles. The van der Waals surface area contributed by atoms with E-state index in [1.54, 1.807) is 0 Å². The topological polar surface area (TPSA) is 41.1 Å². The van der Waals surface area contributed by atoms with Crippen molar-refractivity contribution in [2.45, 2.75) is 19.4 Å². The fraction of sp³-hybridized carbons (Fsp3) is 0.462. The van der Waals surface area contributed by atoms with Crippen molar-refractivity contribution in [1.82, 2.24) is 10.6 Å². The first-order valence-electron chi connectivity index (χ1n) is 6.05. The minimum Gasteiger partial charge on any atom is -0.348 e. The van der Waals surface area contributed by atoms with Crippen LogP contribution in [-0.4, -0.2) is 25.0 Å². The van der Waals surface area contributed by atoms with E-state index in [0.29, 0.717) is 12.5 Å². The molecule has 2 N–H and O–H groups in total. The van der Waals surface area contributed by atoms with Gasteiger partial charge in [-0.25, -0.2) is 4.39 Å². The van der Waals surface area contributed by atoms with Gasteiger partial charge in [0.2, 0.25) is 0 Å². The second kappa shape index (κ2) is 7.08. The SMILES string of the molecule is CC1CCNCC1NC(=O)c1c(F)cccc1Cl.Cl. The first-order valence-corrected chi connectivity index (χ1v) is 6.43. The monoisotopic (exact) mass is 306 g/mol. The van der Waals surface area contributed by atoms with E-state index in [1.807, 2.05) is 0 Å². The Kier molecular flexibility index (Phi) is 6.04. The van der Waals surface area contributed by atoms with Crippen LogP contribution >= 0.6 is 24.0 Å². The molecule has 2 rings (SSSR count). The Morgan fingerprint density at radius 2 is 2.26 bits per heavy atom. The third-order valence-electron chi connectivity index (χ3n) is 3.33. The summed E-state index contributed by atoms with van der Waals surface area (Å²) >= 11 is 5.86. The quantitative estimate of drug-likeness (QED) is 0.882. The first kappa shape index (κ1) is 16.2. The lowest BCUT2D eigenvalue weighted by molar-refractivity contribution is 0.0911. The number of hydrogen-bond donors (Lipinski definition) is 2. The first-order chi connectivity index (χ1) is 8.59. The van der Waals surface area contributed by atoms with Crippen LogP contribution < -0.4 is 10.6 Å². The molecular weight excluding hydrogens is 290 g/mol. The molecular formula is C13H17Cl2FN2O. The Balaban J connectivity index is 0.00000180. The van der Waals surface area contributed by atoms with Crippen LogP contribution in [0.5, 0.6) is 0 Å². The molecule has 0 spiro atoms. The number of benzene rings is 1. The second-order valence-corrected chi connectivity index (χ2v) is 5.05. The molecule has 1 saturated heterocycles. The van der Waals surface area contributed by atoms with Gasteiger partial charge in [-0.1, -0.05) is 24.6 Å². The zero-order chi connectivity index (χ0) is 13.1. The van der Waals surface area contributed by atoms with Gasteiger partial charge in [-0.15, -0.1) is 12.4 Å². The van der Waals surface area contributed by atoms with Crippen LogP contribution in [0.1, 0.15) is 23.7 Å². The van der Waals surface area contributed by atoms with Crippen LogP contribution in [0.25, 0.3) is 0 Å². The van der Waals surface area contributed by atoms with E-state index in [2.05, 4.69) is 17.6 Å². The van der Waals surface area contributed by atoms with Crippen molar-refractivity contribution >= 4 is 29.9 Å². The molecule has 1 aromatic carbocycles. The summed E-state index contributed by atoms with van der Waals surface area (Å²) in [5.74, 6) is -0.657. The highest BCUT2D eigenvalue weighted by atomic mass is 35.5. The number of carbonyl (C=O) groups excluding carboxylic acids is 1. The van der Waals surface area contributed by atoms with Crippen LogP contribution in [0.3, 0.4) is 0 Å². The van der Waals surface area contributed by atoms with Crippen LogP contribution in [0.4, 0.5) is 4.39 Å². The molecule has 0 aliphatic carbocycles. The van der Waals surface area contributed by atoms with Gasteiger partial charge >= 0.3 is 0 Å². The smallest absolute Gasteiger partial charge is 0.256 e. The minimum atomic E-state index is -0.587. The van der Waals surface area contributed by atoms with Crippen molar-refractivity contribution < 1.29 is 9.18 Å². The average molecular weight is 307 g/mol. The molecule has 6 heteroatoms. The Labute approximate surface area is 123 Å². The fourth-order valence-electron chi connectivity index (χ4n) is 2.14. The molecule has 3 nitrogen and oxygen atoms in total. The minimum absolute atomic E-state index is 0. The van der Waals surface area contributed by atoms with Gasteiger partial charge in [0.15, 0.2) is 0 Å². The molecule has 106 valence electrons. The average Bonchev–Trinajstić information content (AvgIpc) is 2.32. The van der Waals surface area contributed by atoms with Crippen LogP contribution in [0, 0.1) is 11.7 Å². The maximum atomic E-state index is 13.6. The lowest BCUT2D eigenvalue weighted by atomic mass is 9.94. The van der Waals surface area contributed by atoms with Crippen LogP contribution in [0.15, 0.2) is 18.2 Å². The Bertz CT molecular complexity index is 436.